The van der Waals surface area contributed by atoms with Gasteiger partial charge in [-0.1, -0.05) is 11.8 Å². The lowest BCUT2D eigenvalue weighted by Crippen LogP contribution is -2.64. The van der Waals surface area contributed by atoms with Crippen molar-refractivity contribution in [3.8, 4) is 0 Å². The maximum absolute atomic E-state index is 12.5. The molecule has 4 amide bonds. The lowest BCUT2D eigenvalue weighted by molar-refractivity contribution is -0.163. The molecule has 5 rings (SSSR count). The van der Waals surface area contributed by atoms with Crippen LogP contribution in [0.1, 0.15) is 26.2 Å². The number of pyridine rings is 1. The van der Waals surface area contributed by atoms with Gasteiger partial charge < -0.3 is 36.2 Å². The van der Waals surface area contributed by atoms with Gasteiger partial charge in [0.1, 0.15) is 23.7 Å². The van der Waals surface area contributed by atoms with E-state index in [1.165, 1.54) is 24.9 Å². The lowest BCUT2D eigenvalue weighted by Gasteiger charge is -2.42. The second-order valence-corrected chi connectivity index (χ2v) is 11.9. The number of thioether (sulfide) groups is 2. The van der Waals surface area contributed by atoms with Crippen molar-refractivity contribution >= 4 is 52.5 Å². The zero-order valence-electron chi connectivity index (χ0n) is 20.4. The van der Waals surface area contributed by atoms with Crippen molar-refractivity contribution in [1.29, 1.82) is 0 Å². The SMILES string of the molecule is CC(=O)NC1[C@@H](O)[C@H](O)C(CNC(=O)CCC[C@@H]2SC[C@@H]3NC(=O)N[C@@H]32)O[C@H]1Sc1cnc2nonc2c1. The number of hydrogen-bond donors (Lipinski definition) is 6. The van der Waals surface area contributed by atoms with E-state index in [-0.39, 0.29) is 42.2 Å². The Kier molecular flexibility index (Phi) is 8.23. The average Bonchev–Trinajstić information content (AvgIpc) is 3.59. The zero-order valence-corrected chi connectivity index (χ0v) is 22.0. The number of fused-ring (bicyclic) bond motifs is 2. The fourth-order valence-electron chi connectivity index (χ4n) is 4.87. The summed E-state index contributed by atoms with van der Waals surface area (Å²) in [6.07, 6.45) is -0.321. The molecule has 0 spiro atoms. The second kappa shape index (κ2) is 11.6. The van der Waals surface area contributed by atoms with Gasteiger partial charge in [-0.05, 0) is 29.2 Å². The molecule has 206 valence electrons. The van der Waals surface area contributed by atoms with Crippen molar-refractivity contribution in [1.82, 2.24) is 36.6 Å². The van der Waals surface area contributed by atoms with Gasteiger partial charge in [-0.2, -0.15) is 11.8 Å². The Morgan fingerprint density at radius 3 is 2.92 bits per heavy atom. The number of rotatable bonds is 9. The number of carbonyl (C=O) groups is 3. The first-order chi connectivity index (χ1) is 18.3. The standard InChI is InChI=1S/C22H29N7O7S2/c1-9(30)25-17-19(33)18(32)13(35-21(17)38-10-5-11-20(24-6-10)29-36-28-11)7-23-15(31)4-2-3-14-16-12(8-37-14)26-22(34)27-16/h5-6,12-14,16-19,21,32-33H,2-4,7-8H2,1H3,(H,23,31)(H,25,30)(H2,26,27,34)/t12-,13?,14-,16-,17?,18+,19+,21-/m0/s1. The molecule has 3 fully saturated rings. The third-order valence-corrected chi connectivity index (χ3v) is 9.38. The van der Waals surface area contributed by atoms with E-state index in [1.807, 2.05) is 0 Å². The van der Waals surface area contributed by atoms with Gasteiger partial charge in [-0.25, -0.2) is 14.4 Å². The first kappa shape index (κ1) is 26.9. The van der Waals surface area contributed by atoms with Crippen molar-refractivity contribution in [2.75, 3.05) is 12.3 Å². The van der Waals surface area contributed by atoms with Crippen LogP contribution >= 0.6 is 23.5 Å². The van der Waals surface area contributed by atoms with Crippen molar-refractivity contribution in [3.63, 3.8) is 0 Å². The number of nitrogens with one attached hydrogen (secondary N) is 4. The molecule has 38 heavy (non-hydrogen) atoms. The average molecular weight is 568 g/mol. The second-order valence-electron chi connectivity index (χ2n) is 9.46. The largest absolute Gasteiger partial charge is 0.388 e. The van der Waals surface area contributed by atoms with Crippen LogP contribution in [0, 0.1) is 0 Å². The summed E-state index contributed by atoms with van der Waals surface area (Å²) in [5.41, 5.74) is -0.0189. The first-order valence-electron chi connectivity index (χ1n) is 12.3. The van der Waals surface area contributed by atoms with Gasteiger partial charge in [0.2, 0.25) is 17.5 Å². The molecule has 6 N–H and O–H groups in total. The molecule has 0 saturated carbocycles. The molecule has 5 heterocycles. The Balaban J connectivity index is 1.15. The maximum Gasteiger partial charge on any atom is 0.315 e. The van der Waals surface area contributed by atoms with Crippen LogP contribution in [0.3, 0.4) is 0 Å². The van der Waals surface area contributed by atoms with E-state index in [9.17, 15) is 24.6 Å². The van der Waals surface area contributed by atoms with E-state index in [0.717, 1.165) is 12.2 Å². The number of urea groups is 1. The summed E-state index contributed by atoms with van der Waals surface area (Å²) >= 11 is 2.97. The Morgan fingerprint density at radius 1 is 1.26 bits per heavy atom. The summed E-state index contributed by atoms with van der Waals surface area (Å²) in [6, 6.07) is 0.860. The maximum atomic E-state index is 12.5. The molecule has 0 radical (unpaired) electrons. The molecule has 16 heteroatoms. The summed E-state index contributed by atoms with van der Waals surface area (Å²) in [5.74, 6) is 0.262. The molecular formula is C22H29N7O7S2. The summed E-state index contributed by atoms with van der Waals surface area (Å²) in [7, 11) is 0. The van der Waals surface area contributed by atoms with Gasteiger partial charge in [-0.15, -0.1) is 0 Å². The van der Waals surface area contributed by atoms with Gasteiger partial charge in [0.25, 0.3) is 0 Å². The van der Waals surface area contributed by atoms with Crippen LogP contribution < -0.4 is 21.3 Å². The van der Waals surface area contributed by atoms with Crippen LogP contribution in [0.25, 0.3) is 11.2 Å². The summed E-state index contributed by atoms with van der Waals surface area (Å²) < 4.78 is 10.7. The molecular weight excluding hydrogens is 538 g/mol. The number of nitrogens with zero attached hydrogens (tertiary/aromatic N) is 3. The highest BCUT2D eigenvalue weighted by Crippen LogP contribution is 2.34. The van der Waals surface area contributed by atoms with Gasteiger partial charge in [0.15, 0.2) is 5.52 Å². The smallest absolute Gasteiger partial charge is 0.315 e. The number of amides is 4. The van der Waals surface area contributed by atoms with Crippen LogP contribution in [-0.4, -0.2) is 103 Å². The van der Waals surface area contributed by atoms with Crippen molar-refractivity contribution in [3.05, 3.63) is 12.3 Å². The molecule has 2 aromatic heterocycles. The van der Waals surface area contributed by atoms with E-state index in [4.69, 9.17) is 4.74 Å². The summed E-state index contributed by atoms with van der Waals surface area (Å²) in [6.45, 7) is 1.29. The zero-order chi connectivity index (χ0) is 26.8. The lowest BCUT2D eigenvalue weighted by atomic mass is 9.97. The number of carbonyl (C=O) groups excluding carboxylic acids is 3. The number of aromatic nitrogens is 3. The quantitative estimate of drug-likeness (QED) is 0.205. The van der Waals surface area contributed by atoms with E-state index in [1.54, 1.807) is 17.8 Å². The van der Waals surface area contributed by atoms with Gasteiger partial charge in [0.05, 0.1) is 18.1 Å². The predicted octanol–water partition coefficient (Wildman–Crippen LogP) is -0.887. The fraction of sp³-hybridized carbons (Fsp3) is 0.636. The van der Waals surface area contributed by atoms with Gasteiger partial charge in [-0.3, -0.25) is 9.59 Å². The third kappa shape index (κ3) is 5.98. The number of aliphatic hydroxyl groups is 2. The monoisotopic (exact) mass is 567 g/mol. The normalized spacial score (nSPS) is 32.4. The molecule has 8 atom stereocenters. The number of aliphatic hydroxyl groups excluding tert-OH is 2. The molecule has 3 aliphatic rings. The minimum absolute atomic E-state index is 0.0196. The van der Waals surface area contributed by atoms with Crippen LogP contribution in [0.5, 0.6) is 0 Å². The Bertz CT molecular complexity index is 1190. The predicted molar refractivity (Wildman–Crippen MR) is 136 cm³/mol. The van der Waals surface area contributed by atoms with E-state index in [2.05, 4.69) is 41.2 Å². The van der Waals surface area contributed by atoms with Crippen LogP contribution in [0.4, 0.5) is 4.79 Å². The topological polar surface area (TPSA) is 201 Å². The Labute approximate surface area is 225 Å². The molecule has 0 bridgehead atoms. The van der Waals surface area contributed by atoms with Crippen LogP contribution in [0.2, 0.25) is 0 Å². The van der Waals surface area contributed by atoms with E-state index in [0.29, 0.717) is 22.5 Å². The highest BCUT2D eigenvalue weighted by atomic mass is 32.2. The molecule has 0 aromatic carbocycles. The highest BCUT2D eigenvalue weighted by molar-refractivity contribution is 8.00. The van der Waals surface area contributed by atoms with Crippen molar-refractivity contribution < 1.29 is 34.0 Å². The third-order valence-electron chi connectivity index (χ3n) is 6.74. The molecule has 14 nitrogen and oxygen atoms in total. The summed E-state index contributed by atoms with van der Waals surface area (Å²) in [4.78, 5) is 40.6. The van der Waals surface area contributed by atoms with Crippen LogP contribution in [-0.2, 0) is 14.3 Å². The minimum Gasteiger partial charge on any atom is -0.388 e. The molecule has 0 aliphatic carbocycles. The fourth-order valence-corrected chi connectivity index (χ4v) is 7.54. The molecule has 3 aliphatic heterocycles. The molecule has 2 unspecified atom stereocenters. The van der Waals surface area contributed by atoms with E-state index >= 15 is 0 Å². The van der Waals surface area contributed by atoms with Crippen LogP contribution in [0.15, 0.2) is 21.8 Å². The number of ether oxygens (including phenoxy) is 1. The van der Waals surface area contributed by atoms with Gasteiger partial charge >= 0.3 is 6.03 Å². The molecule has 2 aromatic rings. The van der Waals surface area contributed by atoms with Gasteiger partial charge in [0, 0.05) is 42.0 Å². The molecule has 3 saturated heterocycles. The minimum atomic E-state index is -1.34. The number of hydrogen-bond acceptors (Lipinski definition) is 12. The first-order valence-corrected chi connectivity index (χ1v) is 14.2. The van der Waals surface area contributed by atoms with E-state index < -0.39 is 35.7 Å². The highest BCUT2D eigenvalue weighted by Gasteiger charge is 2.46. The Hall–Kier alpha value is -2.66. The van der Waals surface area contributed by atoms with Crippen molar-refractivity contribution in [2.24, 2.45) is 0 Å². The Morgan fingerprint density at radius 2 is 2.11 bits per heavy atom. The summed E-state index contributed by atoms with van der Waals surface area (Å²) in [5, 5.41) is 40.4. The van der Waals surface area contributed by atoms with Crippen molar-refractivity contribution in [2.45, 2.75) is 78.2 Å².